The Morgan fingerprint density at radius 1 is 1.03 bits per heavy atom. The monoisotopic (exact) mass is 446 g/mol. The molecule has 10 heteroatoms. The van der Waals surface area contributed by atoms with Crippen molar-refractivity contribution < 1.29 is 26.4 Å². The topological polar surface area (TPSA) is 75.3 Å². The van der Waals surface area contributed by atoms with Crippen LogP contribution < -0.4 is 10.0 Å². The second-order valence-electron chi connectivity index (χ2n) is 6.56. The maximum atomic E-state index is 12.4. The van der Waals surface area contributed by atoms with Crippen molar-refractivity contribution in [1.82, 2.24) is 10.0 Å². The standard InChI is InChI=1S/C19H21F3N2O3S2/c1-13(2)24-29(26,27)12-16-6-4-3-5-15(16)11-23-18(25)14-7-9-17(10-8-14)28-19(20,21)22/h3-10,13,24H,11-12H2,1-2H3,(H,23,25). The van der Waals surface area contributed by atoms with Gasteiger partial charge in [0.15, 0.2) is 0 Å². The minimum absolute atomic E-state index is 0.0118. The summed E-state index contributed by atoms with van der Waals surface area (Å²) in [6.45, 7) is 3.54. The number of carbonyl (C=O) groups is 1. The molecule has 0 unspecified atom stereocenters. The number of sulfonamides is 1. The van der Waals surface area contributed by atoms with Crippen LogP contribution in [0.3, 0.4) is 0 Å². The molecule has 2 N–H and O–H groups in total. The zero-order chi connectivity index (χ0) is 21.7. The van der Waals surface area contributed by atoms with Crippen LogP contribution in [0.15, 0.2) is 53.4 Å². The summed E-state index contributed by atoms with van der Waals surface area (Å²) in [6, 6.07) is 11.7. The van der Waals surface area contributed by atoms with Gasteiger partial charge in [0, 0.05) is 23.0 Å². The average molecular weight is 447 g/mol. The van der Waals surface area contributed by atoms with E-state index in [0.29, 0.717) is 11.1 Å². The molecule has 0 aromatic heterocycles. The molecule has 0 bridgehead atoms. The quantitative estimate of drug-likeness (QED) is 0.600. The summed E-state index contributed by atoms with van der Waals surface area (Å²) in [6.07, 6.45) is 0. The Bertz CT molecular complexity index is 944. The first-order chi connectivity index (χ1) is 13.5. The molecule has 0 aliphatic carbocycles. The summed E-state index contributed by atoms with van der Waals surface area (Å²) in [5.41, 5.74) is -2.99. The van der Waals surface area contributed by atoms with Gasteiger partial charge in [-0.25, -0.2) is 13.1 Å². The molecular weight excluding hydrogens is 425 g/mol. The number of nitrogens with one attached hydrogen (secondary N) is 2. The second kappa shape index (κ2) is 9.64. The van der Waals surface area contributed by atoms with E-state index in [2.05, 4.69) is 10.0 Å². The minimum Gasteiger partial charge on any atom is -0.348 e. The molecule has 0 fully saturated rings. The number of rotatable bonds is 8. The normalized spacial score (nSPS) is 12.2. The number of alkyl halides is 3. The third-order valence-corrected chi connectivity index (χ3v) is 5.93. The van der Waals surface area contributed by atoms with Gasteiger partial charge >= 0.3 is 5.51 Å². The molecule has 0 atom stereocenters. The van der Waals surface area contributed by atoms with E-state index in [9.17, 15) is 26.4 Å². The fraction of sp³-hybridized carbons (Fsp3) is 0.316. The van der Waals surface area contributed by atoms with Gasteiger partial charge in [0.2, 0.25) is 10.0 Å². The van der Waals surface area contributed by atoms with Gasteiger partial charge in [0.05, 0.1) is 5.75 Å². The zero-order valence-corrected chi connectivity index (χ0v) is 17.4. The second-order valence-corrected chi connectivity index (χ2v) is 9.45. The van der Waals surface area contributed by atoms with E-state index in [0.717, 1.165) is 0 Å². The maximum absolute atomic E-state index is 12.4. The van der Waals surface area contributed by atoms with Crippen molar-refractivity contribution in [2.24, 2.45) is 0 Å². The molecule has 0 aliphatic heterocycles. The molecule has 0 heterocycles. The van der Waals surface area contributed by atoms with Crippen LogP contribution in [0.1, 0.15) is 35.3 Å². The van der Waals surface area contributed by atoms with Crippen LogP contribution in [0.4, 0.5) is 13.2 Å². The van der Waals surface area contributed by atoms with Crippen molar-refractivity contribution in [3.63, 3.8) is 0 Å². The van der Waals surface area contributed by atoms with Gasteiger partial charge in [-0.1, -0.05) is 24.3 Å². The first kappa shape index (κ1) is 23.2. The lowest BCUT2D eigenvalue weighted by molar-refractivity contribution is -0.0328. The minimum atomic E-state index is -4.39. The molecule has 29 heavy (non-hydrogen) atoms. The van der Waals surface area contributed by atoms with E-state index in [1.54, 1.807) is 38.1 Å². The van der Waals surface area contributed by atoms with Crippen molar-refractivity contribution in [2.75, 3.05) is 0 Å². The number of amides is 1. The molecular formula is C19H21F3N2O3S2. The molecule has 0 spiro atoms. The number of hydrogen-bond donors (Lipinski definition) is 2. The Kier molecular flexibility index (Phi) is 7.73. The number of halogens is 3. The van der Waals surface area contributed by atoms with Gasteiger partial charge in [-0.2, -0.15) is 13.2 Å². The first-order valence-corrected chi connectivity index (χ1v) is 11.1. The molecule has 158 valence electrons. The highest BCUT2D eigenvalue weighted by molar-refractivity contribution is 8.00. The third kappa shape index (κ3) is 8.08. The van der Waals surface area contributed by atoms with Crippen LogP contribution in [-0.4, -0.2) is 25.9 Å². The average Bonchev–Trinajstić information content (AvgIpc) is 2.58. The van der Waals surface area contributed by atoms with E-state index in [4.69, 9.17) is 0 Å². The van der Waals surface area contributed by atoms with E-state index in [1.165, 1.54) is 24.3 Å². The molecule has 0 saturated heterocycles. The van der Waals surface area contributed by atoms with Crippen LogP contribution in [0.5, 0.6) is 0 Å². The summed E-state index contributed by atoms with van der Waals surface area (Å²) in [5, 5.41) is 2.67. The Morgan fingerprint density at radius 2 is 1.62 bits per heavy atom. The number of thioether (sulfide) groups is 1. The van der Waals surface area contributed by atoms with E-state index >= 15 is 0 Å². The summed E-state index contributed by atoms with van der Waals surface area (Å²) >= 11 is -0.252. The number of benzene rings is 2. The molecule has 2 aromatic rings. The van der Waals surface area contributed by atoms with Crippen molar-refractivity contribution >= 4 is 27.7 Å². The lowest BCUT2D eigenvalue weighted by Crippen LogP contribution is -2.31. The van der Waals surface area contributed by atoms with Gasteiger partial charge in [-0.05, 0) is 61.0 Å². The lowest BCUT2D eigenvalue weighted by Gasteiger charge is -2.13. The fourth-order valence-electron chi connectivity index (χ4n) is 2.56. The largest absolute Gasteiger partial charge is 0.446 e. The molecule has 1 amide bonds. The molecule has 0 radical (unpaired) electrons. The summed E-state index contributed by atoms with van der Waals surface area (Å²) < 4.78 is 64.0. The highest BCUT2D eigenvalue weighted by Gasteiger charge is 2.29. The molecule has 0 aliphatic rings. The van der Waals surface area contributed by atoms with Gasteiger partial charge in [0.1, 0.15) is 0 Å². The smallest absolute Gasteiger partial charge is 0.348 e. The highest BCUT2D eigenvalue weighted by Crippen LogP contribution is 2.36. The van der Waals surface area contributed by atoms with E-state index in [1.807, 2.05) is 0 Å². The van der Waals surface area contributed by atoms with Crippen molar-refractivity contribution in [1.29, 1.82) is 0 Å². The molecule has 2 rings (SSSR count). The van der Waals surface area contributed by atoms with Crippen LogP contribution in [-0.2, 0) is 22.3 Å². The van der Waals surface area contributed by atoms with Gasteiger partial charge in [-0.15, -0.1) is 0 Å². The SMILES string of the molecule is CC(C)NS(=O)(=O)Cc1ccccc1CNC(=O)c1ccc(SC(F)(F)F)cc1. The number of hydrogen-bond acceptors (Lipinski definition) is 4. The lowest BCUT2D eigenvalue weighted by atomic mass is 10.1. The van der Waals surface area contributed by atoms with Crippen LogP contribution in [0.25, 0.3) is 0 Å². The first-order valence-electron chi connectivity index (χ1n) is 8.66. The fourth-order valence-corrected chi connectivity index (χ4v) is 4.59. The van der Waals surface area contributed by atoms with E-state index < -0.39 is 21.4 Å². The van der Waals surface area contributed by atoms with Crippen LogP contribution >= 0.6 is 11.8 Å². The van der Waals surface area contributed by atoms with Crippen molar-refractivity contribution in [2.45, 2.75) is 42.6 Å². The Hall–Kier alpha value is -2.04. The Labute approximate surface area is 172 Å². The summed E-state index contributed by atoms with van der Waals surface area (Å²) in [7, 11) is -3.52. The summed E-state index contributed by atoms with van der Waals surface area (Å²) in [5.74, 6) is -0.688. The van der Waals surface area contributed by atoms with Gasteiger partial charge < -0.3 is 5.32 Å². The predicted octanol–water partition coefficient (Wildman–Crippen LogP) is 4.06. The zero-order valence-electron chi connectivity index (χ0n) is 15.8. The molecule has 5 nitrogen and oxygen atoms in total. The third-order valence-electron chi connectivity index (χ3n) is 3.67. The number of carbonyl (C=O) groups excluding carboxylic acids is 1. The van der Waals surface area contributed by atoms with Crippen LogP contribution in [0.2, 0.25) is 0 Å². The molecule has 2 aromatic carbocycles. The van der Waals surface area contributed by atoms with Crippen molar-refractivity contribution in [3.05, 3.63) is 65.2 Å². The van der Waals surface area contributed by atoms with Crippen molar-refractivity contribution in [3.8, 4) is 0 Å². The Morgan fingerprint density at radius 3 is 2.17 bits per heavy atom. The van der Waals surface area contributed by atoms with Crippen LogP contribution in [0, 0.1) is 0 Å². The van der Waals surface area contributed by atoms with Gasteiger partial charge in [0.25, 0.3) is 5.91 Å². The highest BCUT2D eigenvalue weighted by atomic mass is 32.2. The maximum Gasteiger partial charge on any atom is 0.446 e. The van der Waals surface area contributed by atoms with Gasteiger partial charge in [-0.3, -0.25) is 4.79 Å². The predicted molar refractivity (Wildman–Crippen MR) is 107 cm³/mol. The Balaban J connectivity index is 2.04. The summed E-state index contributed by atoms with van der Waals surface area (Å²) in [4.78, 5) is 12.3. The van der Waals surface area contributed by atoms with E-state index in [-0.39, 0.29) is 40.6 Å². The molecule has 0 saturated carbocycles.